The normalized spacial score (nSPS) is 18.1. The molecule has 0 unspecified atom stereocenters. The van der Waals surface area contributed by atoms with Crippen LogP contribution < -0.4 is 5.56 Å². The predicted molar refractivity (Wildman–Crippen MR) is 87.3 cm³/mol. The monoisotopic (exact) mass is 314 g/mol. The lowest BCUT2D eigenvalue weighted by Crippen LogP contribution is -2.44. The van der Waals surface area contributed by atoms with Gasteiger partial charge in [0.15, 0.2) is 0 Å². The van der Waals surface area contributed by atoms with Gasteiger partial charge < -0.3 is 9.88 Å². The largest absolute Gasteiger partial charge is 0.336 e. The van der Waals surface area contributed by atoms with Crippen molar-refractivity contribution in [3.05, 3.63) is 52.2 Å². The summed E-state index contributed by atoms with van der Waals surface area (Å²) in [6, 6.07) is 5.26. The molecule has 0 radical (unpaired) electrons. The van der Waals surface area contributed by atoms with Gasteiger partial charge in [0.05, 0.1) is 0 Å². The topological polar surface area (TPSA) is 71.0 Å². The van der Waals surface area contributed by atoms with Crippen molar-refractivity contribution >= 4 is 5.91 Å². The van der Waals surface area contributed by atoms with Crippen LogP contribution in [0.15, 0.2) is 35.4 Å². The molecule has 0 spiro atoms. The molecule has 1 amide bonds. The molecule has 1 N–H and O–H groups in total. The Bertz CT molecular complexity index is 720. The van der Waals surface area contributed by atoms with E-state index in [-0.39, 0.29) is 17.5 Å². The summed E-state index contributed by atoms with van der Waals surface area (Å²) in [6.45, 7) is 3.36. The molecule has 0 saturated carbocycles. The van der Waals surface area contributed by atoms with Crippen LogP contribution in [-0.4, -0.2) is 38.2 Å². The summed E-state index contributed by atoms with van der Waals surface area (Å²) in [5.74, 6) is -0.0376. The molecule has 122 valence electrons. The Labute approximate surface area is 135 Å². The van der Waals surface area contributed by atoms with Crippen molar-refractivity contribution < 1.29 is 4.79 Å². The Kier molecular flexibility index (Phi) is 4.60. The van der Waals surface area contributed by atoms with Crippen molar-refractivity contribution in [1.29, 1.82) is 0 Å². The van der Waals surface area contributed by atoms with Crippen LogP contribution in [0, 0.1) is 6.92 Å². The van der Waals surface area contributed by atoms with Gasteiger partial charge >= 0.3 is 0 Å². The molecule has 3 heterocycles. The number of carbonyl (C=O) groups excluding carboxylic acids is 1. The zero-order chi connectivity index (χ0) is 16.2. The molecule has 23 heavy (non-hydrogen) atoms. The molecule has 6 nitrogen and oxygen atoms in total. The quantitative estimate of drug-likeness (QED) is 0.938. The number of pyridine rings is 1. The maximum atomic E-state index is 12.8. The van der Waals surface area contributed by atoms with E-state index in [0.29, 0.717) is 11.3 Å². The first kappa shape index (κ1) is 15.5. The number of aryl methyl sites for hydroxylation is 2. The van der Waals surface area contributed by atoms with Gasteiger partial charge in [-0.3, -0.25) is 14.3 Å². The summed E-state index contributed by atoms with van der Waals surface area (Å²) in [6.07, 6.45) is 7.76. The van der Waals surface area contributed by atoms with E-state index in [2.05, 4.69) is 10.1 Å². The smallest absolute Gasteiger partial charge is 0.254 e. The van der Waals surface area contributed by atoms with E-state index < -0.39 is 0 Å². The molecule has 1 fully saturated rings. The summed E-state index contributed by atoms with van der Waals surface area (Å²) in [5.41, 5.74) is 0.974. The Balaban J connectivity index is 1.74. The third kappa shape index (κ3) is 3.70. The second kappa shape index (κ2) is 6.81. The van der Waals surface area contributed by atoms with Crippen LogP contribution in [0.25, 0.3) is 0 Å². The van der Waals surface area contributed by atoms with Crippen molar-refractivity contribution in [1.82, 2.24) is 19.7 Å². The summed E-state index contributed by atoms with van der Waals surface area (Å²) < 4.78 is 1.90. The van der Waals surface area contributed by atoms with Crippen LogP contribution >= 0.6 is 0 Å². The third-order valence-corrected chi connectivity index (χ3v) is 4.36. The van der Waals surface area contributed by atoms with Crippen LogP contribution in [0.3, 0.4) is 0 Å². The average molecular weight is 314 g/mol. The number of nitrogens with zero attached hydrogens (tertiary/aromatic N) is 3. The lowest BCUT2D eigenvalue weighted by atomic mass is 9.98. The number of amides is 1. The standard InChI is InChI=1S/C17H22N4O2/c1-13-11-14(12-16(22)19-13)17(23)21-9-3-2-5-15(21)6-10-20-8-4-7-18-20/h4,7-8,11-12,15H,2-3,5-6,9-10H2,1H3,(H,19,22)/t15-/m1/s1. The summed E-state index contributed by atoms with van der Waals surface area (Å²) in [4.78, 5) is 29.1. The summed E-state index contributed by atoms with van der Waals surface area (Å²) in [5, 5.41) is 4.22. The SMILES string of the molecule is Cc1cc(C(=O)N2CCCC[C@@H]2CCn2cccn2)cc(=O)[nH]1. The van der Waals surface area contributed by atoms with E-state index in [4.69, 9.17) is 0 Å². The van der Waals surface area contributed by atoms with Gasteiger partial charge in [0, 0.05) is 48.8 Å². The fraction of sp³-hybridized carbons (Fsp3) is 0.471. The number of H-pyrrole nitrogens is 1. The molecule has 0 aromatic carbocycles. The molecule has 3 rings (SSSR count). The van der Waals surface area contributed by atoms with E-state index >= 15 is 0 Å². The van der Waals surface area contributed by atoms with Gasteiger partial charge in [-0.25, -0.2) is 0 Å². The molecule has 1 aliphatic heterocycles. The minimum atomic E-state index is -0.224. The first-order valence-electron chi connectivity index (χ1n) is 8.13. The molecule has 2 aromatic rings. The Morgan fingerprint density at radius 3 is 3.00 bits per heavy atom. The van der Waals surface area contributed by atoms with Crippen molar-refractivity contribution in [3.63, 3.8) is 0 Å². The third-order valence-electron chi connectivity index (χ3n) is 4.36. The molecule has 1 atom stereocenters. The molecule has 6 heteroatoms. The van der Waals surface area contributed by atoms with Crippen LogP contribution in [0.1, 0.15) is 41.7 Å². The van der Waals surface area contributed by atoms with Crippen LogP contribution in [0.4, 0.5) is 0 Å². The molecular weight excluding hydrogens is 292 g/mol. The number of hydrogen-bond acceptors (Lipinski definition) is 3. The van der Waals surface area contributed by atoms with Gasteiger partial charge in [0.1, 0.15) is 0 Å². The molecule has 2 aromatic heterocycles. The van der Waals surface area contributed by atoms with Crippen LogP contribution in [0.5, 0.6) is 0 Å². The number of rotatable bonds is 4. The molecular formula is C17H22N4O2. The number of likely N-dealkylation sites (tertiary alicyclic amines) is 1. The van der Waals surface area contributed by atoms with Crippen molar-refractivity contribution in [2.24, 2.45) is 0 Å². The fourth-order valence-electron chi connectivity index (χ4n) is 3.25. The summed E-state index contributed by atoms with van der Waals surface area (Å²) in [7, 11) is 0. The molecule has 0 bridgehead atoms. The van der Waals surface area contributed by atoms with Gasteiger partial charge in [0.25, 0.3) is 5.91 Å². The molecule has 0 aliphatic carbocycles. The Morgan fingerprint density at radius 1 is 1.39 bits per heavy atom. The lowest BCUT2D eigenvalue weighted by molar-refractivity contribution is 0.0593. The Morgan fingerprint density at radius 2 is 2.26 bits per heavy atom. The number of hydrogen-bond donors (Lipinski definition) is 1. The van der Waals surface area contributed by atoms with Crippen LogP contribution in [0.2, 0.25) is 0 Å². The van der Waals surface area contributed by atoms with Gasteiger partial charge in [-0.15, -0.1) is 0 Å². The second-order valence-electron chi connectivity index (χ2n) is 6.12. The van der Waals surface area contributed by atoms with Crippen molar-refractivity contribution in [2.75, 3.05) is 6.54 Å². The minimum Gasteiger partial charge on any atom is -0.336 e. The fourth-order valence-corrected chi connectivity index (χ4v) is 3.25. The molecule has 1 aliphatic rings. The van der Waals surface area contributed by atoms with Gasteiger partial charge in [-0.05, 0) is 44.7 Å². The Hall–Kier alpha value is -2.37. The lowest BCUT2D eigenvalue weighted by Gasteiger charge is -2.36. The van der Waals surface area contributed by atoms with E-state index in [1.165, 1.54) is 6.07 Å². The highest BCUT2D eigenvalue weighted by molar-refractivity contribution is 5.94. The van der Waals surface area contributed by atoms with Gasteiger partial charge in [-0.2, -0.15) is 5.10 Å². The molecule has 1 saturated heterocycles. The number of aromatic amines is 1. The minimum absolute atomic E-state index is 0.0376. The summed E-state index contributed by atoms with van der Waals surface area (Å²) >= 11 is 0. The second-order valence-corrected chi connectivity index (χ2v) is 6.12. The average Bonchev–Trinajstić information content (AvgIpc) is 3.05. The number of nitrogens with one attached hydrogen (secondary N) is 1. The number of piperidine rings is 1. The van der Waals surface area contributed by atoms with E-state index in [0.717, 1.165) is 38.8 Å². The highest BCUT2D eigenvalue weighted by Gasteiger charge is 2.27. The van der Waals surface area contributed by atoms with E-state index in [1.807, 2.05) is 21.8 Å². The predicted octanol–water partition coefficient (Wildman–Crippen LogP) is 1.96. The zero-order valence-corrected chi connectivity index (χ0v) is 13.4. The maximum Gasteiger partial charge on any atom is 0.254 e. The van der Waals surface area contributed by atoms with Gasteiger partial charge in [0.2, 0.25) is 5.56 Å². The highest BCUT2D eigenvalue weighted by atomic mass is 16.2. The number of carbonyl (C=O) groups is 1. The first-order chi connectivity index (χ1) is 11.1. The van der Waals surface area contributed by atoms with Gasteiger partial charge in [-0.1, -0.05) is 0 Å². The van der Waals surface area contributed by atoms with Crippen LogP contribution in [-0.2, 0) is 6.54 Å². The zero-order valence-electron chi connectivity index (χ0n) is 13.4. The van der Waals surface area contributed by atoms with E-state index in [9.17, 15) is 9.59 Å². The highest BCUT2D eigenvalue weighted by Crippen LogP contribution is 2.22. The number of aromatic nitrogens is 3. The van der Waals surface area contributed by atoms with E-state index in [1.54, 1.807) is 19.2 Å². The van der Waals surface area contributed by atoms with Crippen molar-refractivity contribution in [3.8, 4) is 0 Å². The first-order valence-corrected chi connectivity index (χ1v) is 8.13. The van der Waals surface area contributed by atoms with Crippen molar-refractivity contribution in [2.45, 2.75) is 45.2 Å². The maximum absolute atomic E-state index is 12.8.